The van der Waals surface area contributed by atoms with Crippen molar-refractivity contribution in [3.8, 4) is 0 Å². The monoisotopic (exact) mass is 320 g/mol. The number of nitrogen functional groups attached to an aromatic ring is 1. The summed E-state index contributed by atoms with van der Waals surface area (Å²) < 4.78 is 45.4. The summed E-state index contributed by atoms with van der Waals surface area (Å²) in [6.45, 7) is 3.67. The number of hydrogen-bond donors (Lipinski definition) is 3. The van der Waals surface area contributed by atoms with Crippen LogP contribution in [0.5, 0.6) is 0 Å². The van der Waals surface area contributed by atoms with Crippen molar-refractivity contribution in [2.24, 2.45) is 0 Å². The molecule has 0 heterocycles. The van der Waals surface area contributed by atoms with Crippen molar-refractivity contribution in [3.05, 3.63) is 23.0 Å². The number of anilines is 1. The number of aliphatic hydroxyl groups is 1. The van der Waals surface area contributed by atoms with Gasteiger partial charge in [-0.3, -0.25) is 0 Å². The van der Waals surface area contributed by atoms with Crippen LogP contribution in [0.4, 0.5) is 10.1 Å². The molecule has 1 aromatic carbocycles. The van der Waals surface area contributed by atoms with Gasteiger partial charge in [-0.15, -0.1) is 0 Å². The van der Waals surface area contributed by atoms with Crippen molar-refractivity contribution in [1.29, 1.82) is 0 Å². The Balaban J connectivity index is 2.78. The Morgan fingerprint density at radius 1 is 1.38 bits per heavy atom. The quantitative estimate of drug-likeness (QED) is 0.483. The van der Waals surface area contributed by atoms with E-state index in [2.05, 4.69) is 4.72 Å². The van der Waals surface area contributed by atoms with Gasteiger partial charge in [0.05, 0.1) is 23.8 Å². The smallest absolute Gasteiger partial charge is 0.241 e. The lowest BCUT2D eigenvalue weighted by atomic mass is 10.1. The lowest BCUT2D eigenvalue weighted by Gasteiger charge is -2.14. The minimum atomic E-state index is -3.76. The molecule has 0 saturated heterocycles. The van der Waals surface area contributed by atoms with Crippen molar-refractivity contribution in [3.63, 3.8) is 0 Å². The van der Waals surface area contributed by atoms with Crippen LogP contribution in [0.15, 0.2) is 11.0 Å². The van der Waals surface area contributed by atoms with Crippen molar-refractivity contribution in [2.45, 2.75) is 25.2 Å². The number of rotatable bonds is 8. The van der Waals surface area contributed by atoms with Gasteiger partial charge >= 0.3 is 0 Å². The normalized spacial score (nSPS) is 11.8. The number of aliphatic hydroxyl groups excluding tert-OH is 1. The topological polar surface area (TPSA) is 102 Å². The van der Waals surface area contributed by atoms with E-state index in [0.717, 1.165) is 6.07 Å². The molecule has 0 aliphatic rings. The maximum atomic E-state index is 13.5. The van der Waals surface area contributed by atoms with Crippen LogP contribution in [0.2, 0.25) is 0 Å². The van der Waals surface area contributed by atoms with Gasteiger partial charge in [0, 0.05) is 13.2 Å². The Morgan fingerprint density at radius 2 is 2.05 bits per heavy atom. The van der Waals surface area contributed by atoms with Gasteiger partial charge in [0.15, 0.2) is 0 Å². The minimum absolute atomic E-state index is 0.0117. The van der Waals surface area contributed by atoms with Crippen LogP contribution >= 0.6 is 0 Å². The summed E-state index contributed by atoms with van der Waals surface area (Å²) in [7, 11) is -3.76. The molecule has 8 heteroatoms. The molecular weight excluding hydrogens is 299 g/mol. The lowest BCUT2D eigenvalue weighted by Crippen LogP contribution is -2.27. The van der Waals surface area contributed by atoms with Crippen molar-refractivity contribution in [2.75, 3.05) is 32.1 Å². The third-order valence-electron chi connectivity index (χ3n) is 2.97. The molecule has 1 rings (SSSR count). The van der Waals surface area contributed by atoms with Gasteiger partial charge < -0.3 is 15.6 Å². The Bertz CT molecular complexity index is 590. The first-order chi connectivity index (χ1) is 9.81. The molecule has 0 aromatic heterocycles. The Morgan fingerprint density at radius 3 is 2.67 bits per heavy atom. The van der Waals surface area contributed by atoms with Gasteiger partial charge in [0.1, 0.15) is 5.82 Å². The molecule has 0 amide bonds. The number of nitrogens with one attached hydrogen (secondary N) is 1. The highest BCUT2D eigenvalue weighted by Crippen LogP contribution is 2.27. The molecule has 21 heavy (non-hydrogen) atoms. The molecule has 0 bridgehead atoms. The predicted molar refractivity (Wildman–Crippen MR) is 78.0 cm³/mol. The highest BCUT2D eigenvalue weighted by Gasteiger charge is 2.22. The number of aryl methyl sites for hydroxylation is 1. The minimum Gasteiger partial charge on any atom is -0.396 e. The summed E-state index contributed by atoms with van der Waals surface area (Å²) in [5.74, 6) is -0.624. The largest absolute Gasteiger partial charge is 0.396 e. The van der Waals surface area contributed by atoms with Crippen LogP contribution in [0.1, 0.15) is 17.5 Å². The van der Waals surface area contributed by atoms with E-state index in [9.17, 15) is 12.8 Å². The first-order valence-corrected chi connectivity index (χ1v) is 8.03. The zero-order valence-electron chi connectivity index (χ0n) is 12.1. The second kappa shape index (κ2) is 7.69. The second-order valence-electron chi connectivity index (χ2n) is 4.63. The number of sulfonamides is 1. The number of hydrogen-bond acceptors (Lipinski definition) is 5. The highest BCUT2D eigenvalue weighted by atomic mass is 32.2. The zero-order valence-corrected chi connectivity index (χ0v) is 13.0. The first-order valence-electron chi connectivity index (χ1n) is 6.54. The first kappa shape index (κ1) is 17.8. The lowest BCUT2D eigenvalue weighted by molar-refractivity contribution is 0.0913. The van der Waals surface area contributed by atoms with Crippen LogP contribution in [0.25, 0.3) is 0 Å². The van der Waals surface area contributed by atoms with E-state index < -0.39 is 15.8 Å². The molecule has 120 valence electrons. The molecule has 1 aromatic rings. The fraction of sp³-hybridized carbons (Fsp3) is 0.538. The molecule has 0 unspecified atom stereocenters. The third kappa shape index (κ3) is 4.63. The average Bonchev–Trinajstić information content (AvgIpc) is 2.40. The standard InChI is InChI=1S/C13H21FN2O4S/c1-9-8-11(14)12(15)10(2)13(9)21(18,19)16-4-3-6-20-7-5-17/h8,16-17H,3-7,15H2,1-2H3. The number of benzene rings is 1. The summed E-state index contributed by atoms with van der Waals surface area (Å²) in [6.07, 6.45) is 0.466. The van der Waals surface area contributed by atoms with Gasteiger partial charge in [-0.2, -0.15) is 0 Å². The predicted octanol–water partition coefficient (Wildman–Crippen LogP) is 0.702. The fourth-order valence-corrected chi connectivity index (χ4v) is 3.52. The van der Waals surface area contributed by atoms with E-state index >= 15 is 0 Å². The molecule has 0 radical (unpaired) electrons. The second-order valence-corrected chi connectivity index (χ2v) is 6.33. The summed E-state index contributed by atoms with van der Waals surface area (Å²) in [5, 5.41) is 8.53. The van der Waals surface area contributed by atoms with Gasteiger partial charge in [-0.25, -0.2) is 17.5 Å². The van der Waals surface area contributed by atoms with Gasteiger partial charge in [0.25, 0.3) is 0 Å². The highest BCUT2D eigenvalue weighted by molar-refractivity contribution is 7.89. The molecule has 0 aliphatic carbocycles. The van der Waals surface area contributed by atoms with Crippen LogP contribution in [0, 0.1) is 19.7 Å². The third-order valence-corrected chi connectivity index (χ3v) is 4.71. The molecule has 6 nitrogen and oxygen atoms in total. The maximum absolute atomic E-state index is 13.5. The summed E-state index contributed by atoms with van der Waals surface area (Å²) in [5.41, 5.74) is 5.90. The Kier molecular flexibility index (Phi) is 6.53. The van der Waals surface area contributed by atoms with Gasteiger partial charge in [-0.1, -0.05) is 0 Å². The molecule has 0 spiro atoms. The molecular formula is C13H21FN2O4S. The SMILES string of the molecule is Cc1cc(F)c(N)c(C)c1S(=O)(=O)NCCCOCCO. The Labute approximate surface area is 124 Å². The van der Waals surface area contributed by atoms with E-state index in [0.29, 0.717) is 18.6 Å². The van der Waals surface area contributed by atoms with Gasteiger partial charge in [0.2, 0.25) is 10.0 Å². The van der Waals surface area contributed by atoms with E-state index in [1.54, 1.807) is 0 Å². The zero-order chi connectivity index (χ0) is 16.0. The van der Waals surface area contributed by atoms with Gasteiger partial charge in [-0.05, 0) is 37.5 Å². The molecule has 0 aliphatic heterocycles. The molecule has 0 saturated carbocycles. The van der Waals surface area contributed by atoms with E-state index in [4.69, 9.17) is 15.6 Å². The number of halogens is 1. The number of ether oxygens (including phenoxy) is 1. The van der Waals surface area contributed by atoms with Crippen molar-refractivity contribution < 1.29 is 22.7 Å². The Hall–Kier alpha value is -1.22. The maximum Gasteiger partial charge on any atom is 0.241 e. The average molecular weight is 320 g/mol. The fourth-order valence-electron chi connectivity index (χ4n) is 1.96. The summed E-state index contributed by atoms with van der Waals surface area (Å²) in [4.78, 5) is 0.0117. The number of nitrogens with two attached hydrogens (primary N) is 1. The molecule has 0 atom stereocenters. The summed E-state index contributed by atoms with van der Waals surface area (Å²) >= 11 is 0. The molecule has 4 N–H and O–H groups in total. The van der Waals surface area contributed by atoms with E-state index in [-0.39, 0.29) is 35.9 Å². The van der Waals surface area contributed by atoms with Crippen LogP contribution in [0.3, 0.4) is 0 Å². The van der Waals surface area contributed by atoms with E-state index in [1.165, 1.54) is 13.8 Å². The molecule has 0 fully saturated rings. The van der Waals surface area contributed by atoms with Crippen LogP contribution in [-0.2, 0) is 14.8 Å². The van der Waals surface area contributed by atoms with Crippen molar-refractivity contribution in [1.82, 2.24) is 4.72 Å². The van der Waals surface area contributed by atoms with Crippen LogP contribution < -0.4 is 10.5 Å². The van der Waals surface area contributed by atoms with Crippen molar-refractivity contribution >= 4 is 15.7 Å². The van der Waals surface area contributed by atoms with Crippen LogP contribution in [-0.4, -0.2) is 39.9 Å². The summed E-state index contributed by atoms with van der Waals surface area (Å²) in [6, 6.07) is 1.11. The van der Waals surface area contributed by atoms with E-state index in [1.807, 2.05) is 0 Å².